The molecule has 2 N–H and O–H groups in total. The zero-order chi connectivity index (χ0) is 12.3. The second kappa shape index (κ2) is 5.42. The van der Waals surface area contributed by atoms with Crippen molar-refractivity contribution in [2.24, 2.45) is 0 Å². The Morgan fingerprint density at radius 3 is 3.06 bits per heavy atom. The first-order valence-electron chi connectivity index (χ1n) is 5.48. The van der Waals surface area contributed by atoms with Crippen molar-refractivity contribution < 1.29 is 5.11 Å². The number of hydrogen-bond donors (Lipinski definition) is 2. The molecule has 2 aromatic rings. The van der Waals surface area contributed by atoms with Gasteiger partial charge >= 0.3 is 0 Å². The molecule has 0 aliphatic heterocycles. The molecule has 0 spiro atoms. The maximum atomic E-state index is 8.89. The number of rotatable bonds is 4. The molecular weight excluding hydrogens is 282 g/mol. The molecule has 2 rings (SSSR count). The molecule has 17 heavy (non-hydrogen) atoms. The van der Waals surface area contributed by atoms with Gasteiger partial charge < -0.3 is 10.4 Å². The highest BCUT2D eigenvalue weighted by molar-refractivity contribution is 9.10. The molecule has 2 heterocycles. The van der Waals surface area contributed by atoms with E-state index in [-0.39, 0.29) is 12.6 Å². The summed E-state index contributed by atoms with van der Waals surface area (Å²) in [5.74, 6) is 0. The number of pyridine rings is 2. The van der Waals surface area contributed by atoms with Crippen LogP contribution in [-0.2, 0) is 0 Å². The van der Waals surface area contributed by atoms with Gasteiger partial charge in [0.25, 0.3) is 0 Å². The number of fused-ring (bicyclic) bond motifs is 1. The van der Waals surface area contributed by atoms with E-state index in [2.05, 4.69) is 31.2 Å². The van der Waals surface area contributed by atoms with Crippen LogP contribution in [0.5, 0.6) is 0 Å². The van der Waals surface area contributed by atoms with Crippen LogP contribution in [0.1, 0.15) is 13.3 Å². The Labute approximate surface area is 108 Å². The Bertz CT molecular complexity index is 518. The summed E-state index contributed by atoms with van der Waals surface area (Å²) >= 11 is 3.38. The van der Waals surface area contributed by atoms with Gasteiger partial charge in [-0.25, -0.2) is 0 Å². The van der Waals surface area contributed by atoms with E-state index in [0.717, 1.165) is 21.2 Å². The van der Waals surface area contributed by atoms with Crippen LogP contribution in [0, 0.1) is 0 Å². The lowest BCUT2D eigenvalue weighted by atomic mass is 10.2. The fourth-order valence-corrected chi connectivity index (χ4v) is 1.97. The smallest absolute Gasteiger partial charge is 0.112 e. The van der Waals surface area contributed by atoms with E-state index in [1.54, 1.807) is 12.4 Å². The van der Waals surface area contributed by atoms with Crippen molar-refractivity contribution >= 4 is 32.7 Å². The fourth-order valence-electron chi connectivity index (χ4n) is 1.65. The first-order chi connectivity index (χ1) is 8.20. The predicted octanol–water partition coefficient (Wildman–Crippen LogP) is 2.58. The molecule has 0 aromatic carbocycles. The van der Waals surface area contributed by atoms with Crippen LogP contribution >= 0.6 is 15.9 Å². The third kappa shape index (κ3) is 2.92. The highest BCUT2D eigenvalue weighted by Gasteiger charge is 2.06. The van der Waals surface area contributed by atoms with Crippen LogP contribution in [0.15, 0.2) is 29.0 Å². The van der Waals surface area contributed by atoms with Crippen LogP contribution in [-0.4, -0.2) is 27.7 Å². The van der Waals surface area contributed by atoms with Gasteiger partial charge in [0.05, 0.1) is 11.2 Å². The van der Waals surface area contributed by atoms with E-state index >= 15 is 0 Å². The van der Waals surface area contributed by atoms with Gasteiger partial charge in [-0.1, -0.05) is 0 Å². The maximum Gasteiger partial charge on any atom is 0.112 e. The van der Waals surface area contributed by atoms with E-state index in [1.165, 1.54) is 0 Å². The zero-order valence-electron chi connectivity index (χ0n) is 9.52. The maximum absolute atomic E-state index is 8.89. The summed E-state index contributed by atoms with van der Waals surface area (Å²) in [6.45, 7) is 2.21. The van der Waals surface area contributed by atoms with Crippen LogP contribution < -0.4 is 5.32 Å². The molecule has 0 aliphatic rings. The third-order valence-electron chi connectivity index (χ3n) is 2.51. The molecule has 0 unspecified atom stereocenters. The summed E-state index contributed by atoms with van der Waals surface area (Å²) in [7, 11) is 0. The van der Waals surface area contributed by atoms with Crippen molar-refractivity contribution in [1.82, 2.24) is 9.97 Å². The van der Waals surface area contributed by atoms with Crippen LogP contribution in [0.2, 0.25) is 0 Å². The van der Waals surface area contributed by atoms with Gasteiger partial charge in [-0.15, -0.1) is 0 Å². The van der Waals surface area contributed by atoms with Crippen molar-refractivity contribution in [2.45, 2.75) is 19.4 Å². The molecule has 5 heteroatoms. The number of aliphatic hydroxyl groups is 1. The first-order valence-corrected chi connectivity index (χ1v) is 6.27. The van der Waals surface area contributed by atoms with Crippen molar-refractivity contribution in [3.63, 3.8) is 0 Å². The average molecular weight is 296 g/mol. The lowest BCUT2D eigenvalue weighted by Crippen LogP contribution is -2.16. The molecule has 0 amide bonds. The largest absolute Gasteiger partial charge is 0.396 e. The van der Waals surface area contributed by atoms with E-state index < -0.39 is 0 Å². The SMILES string of the molecule is C[C@H](CCO)Nc1ccnc2cc(Br)cnc12. The summed E-state index contributed by atoms with van der Waals surface area (Å²) in [6.07, 6.45) is 4.22. The van der Waals surface area contributed by atoms with Gasteiger partial charge in [0.2, 0.25) is 0 Å². The van der Waals surface area contributed by atoms with E-state index in [9.17, 15) is 0 Å². The number of nitrogens with one attached hydrogen (secondary N) is 1. The molecule has 0 bridgehead atoms. The lowest BCUT2D eigenvalue weighted by molar-refractivity contribution is 0.282. The standard InChI is InChI=1S/C12H14BrN3O/c1-8(3-5-17)16-10-2-4-14-11-6-9(13)7-15-12(10)11/h2,4,6-8,17H,3,5H2,1H3,(H,14,16)/t8-/m1/s1. The van der Waals surface area contributed by atoms with E-state index in [1.807, 2.05) is 19.1 Å². The molecule has 0 radical (unpaired) electrons. The Hall–Kier alpha value is -1.20. The number of halogens is 1. The van der Waals surface area contributed by atoms with Gasteiger partial charge in [0, 0.05) is 29.5 Å². The minimum Gasteiger partial charge on any atom is -0.396 e. The number of aromatic nitrogens is 2. The van der Waals surface area contributed by atoms with Crippen molar-refractivity contribution in [3.05, 3.63) is 29.0 Å². The summed E-state index contributed by atoms with van der Waals surface area (Å²) in [5.41, 5.74) is 2.64. The molecular formula is C12H14BrN3O. The average Bonchev–Trinajstić information content (AvgIpc) is 2.29. The molecule has 0 aliphatic carbocycles. The minimum absolute atomic E-state index is 0.177. The molecule has 4 nitrogen and oxygen atoms in total. The monoisotopic (exact) mass is 295 g/mol. The minimum atomic E-state index is 0.177. The predicted molar refractivity (Wildman–Crippen MR) is 72.0 cm³/mol. The van der Waals surface area contributed by atoms with Crippen LogP contribution in [0.25, 0.3) is 11.0 Å². The highest BCUT2D eigenvalue weighted by Crippen LogP contribution is 2.22. The zero-order valence-corrected chi connectivity index (χ0v) is 11.1. The molecule has 0 saturated carbocycles. The molecule has 1 atom stereocenters. The summed E-state index contributed by atoms with van der Waals surface area (Å²) < 4.78 is 0.915. The van der Waals surface area contributed by atoms with Gasteiger partial charge in [-0.2, -0.15) is 0 Å². The van der Waals surface area contributed by atoms with E-state index in [0.29, 0.717) is 6.42 Å². The van der Waals surface area contributed by atoms with Crippen LogP contribution in [0.3, 0.4) is 0 Å². The summed E-state index contributed by atoms with van der Waals surface area (Å²) in [6, 6.07) is 4.04. The second-order valence-corrected chi connectivity index (χ2v) is 4.85. The number of anilines is 1. The van der Waals surface area contributed by atoms with Gasteiger partial charge in [-0.3, -0.25) is 9.97 Å². The van der Waals surface area contributed by atoms with Crippen molar-refractivity contribution in [3.8, 4) is 0 Å². The number of nitrogens with zero attached hydrogens (tertiary/aromatic N) is 2. The Balaban J connectivity index is 2.34. The van der Waals surface area contributed by atoms with Crippen molar-refractivity contribution in [1.29, 1.82) is 0 Å². The third-order valence-corrected chi connectivity index (χ3v) is 2.94. The fraction of sp³-hybridized carbons (Fsp3) is 0.333. The number of aliphatic hydroxyl groups excluding tert-OH is 1. The van der Waals surface area contributed by atoms with Gasteiger partial charge in [0.1, 0.15) is 5.52 Å². The molecule has 90 valence electrons. The van der Waals surface area contributed by atoms with Crippen molar-refractivity contribution in [2.75, 3.05) is 11.9 Å². The van der Waals surface area contributed by atoms with E-state index in [4.69, 9.17) is 5.11 Å². The number of hydrogen-bond acceptors (Lipinski definition) is 4. The lowest BCUT2D eigenvalue weighted by Gasteiger charge is -2.14. The highest BCUT2D eigenvalue weighted by atomic mass is 79.9. The van der Waals surface area contributed by atoms with Gasteiger partial charge in [0.15, 0.2) is 0 Å². The molecule has 0 fully saturated rings. The Morgan fingerprint density at radius 1 is 1.47 bits per heavy atom. The molecule has 0 saturated heterocycles. The van der Waals surface area contributed by atoms with Crippen LogP contribution in [0.4, 0.5) is 5.69 Å². The quantitative estimate of drug-likeness (QED) is 0.910. The topological polar surface area (TPSA) is 58.0 Å². The summed E-state index contributed by atoms with van der Waals surface area (Å²) in [4.78, 5) is 8.63. The first kappa shape index (κ1) is 12.3. The summed E-state index contributed by atoms with van der Waals surface area (Å²) in [5, 5.41) is 12.2. The Kier molecular flexibility index (Phi) is 3.91. The Morgan fingerprint density at radius 2 is 2.29 bits per heavy atom. The second-order valence-electron chi connectivity index (χ2n) is 3.94. The molecule has 2 aromatic heterocycles. The normalized spacial score (nSPS) is 12.6. The van der Waals surface area contributed by atoms with Gasteiger partial charge in [-0.05, 0) is 41.4 Å².